The quantitative estimate of drug-likeness (QED) is 0.789. The van der Waals surface area contributed by atoms with Crippen molar-refractivity contribution in [3.8, 4) is 6.07 Å². The van der Waals surface area contributed by atoms with Crippen molar-refractivity contribution in [3.63, 3.8) is 0 Å². The van der Waals surface area contributed by atoms with E-state index in [4.69, 9.17) is 0 Å². The van der Waals surface area contributed by atoms with Gasteiger partial charge in [0, 0.05) is 25.7 Å². The van der Waals surface area contributed by atoms with Crippen LogP contribution in [0.1, 0.15) is 36.5 Å². The Morgan fingerprint density at radius 3 is 2.50 bits per heavy atom. The molecule has 0 saturated carbocycles. The molecule has 5 heteroatoms. The second kappa shape index (κ2) is 6.18. The molecule has 1 aromatic rings. The SMILES string of the molecule is C[C@H]1CCC[C@](C#N)(C(=O)c2ccccc2)N1C(=O)N(C)C. The minimum atomic E-state index is -1.42. The molecule has 0 aliphatic carbocycles. The molecule has 1 aromatic carbocycles. The van der Waals surface area contributed by atoms with Gasteiger partial charge in [0.05, 0.1) is 6.07 Å². The number of urea groups is 1. The van der Waals surface area contributed by atoms with E-state index in [0.29, 0.717) is 12.0 Å². The maximum atomic E-state index is 13.0. The molecule has 1 saturated heterocycles. The normalized spacial score (nSPS) is 24.5. The summed E-state index contributed by atoms with van der Waals surface area (Å²) in [4.78, 5) is 28.5. The first-order valence-corrected chi connectivity index (χ1v) is 7.46. The van der Waals surface area contributed by atoms with Crippen LogP contribution >= 0.6 is 0 Å². The van der Waals surface area contributed by atoms with Crippen LogP contribution in [0.25, 0.3) is 0 Å². The van der Waals surface area contributed by atoms with Gasteiger partial charge >= 0.3 is 6.03 Å². The molecule has 2 amide bonds. The third-order valence-corrected chi connectivity index (χ3v) is 4.20. The van der Waals surface area contributed by atoms with Crippen molar-refractivity contribution < 1.29 is 9.59 Å². The van der Waals surface area contributed by atoms with Gasteiger partial charge in [-0.05, 0) is 26.2 Å². The molecule has 0 unspecified atom stereocenters. The van der Waals surface area contributed by atoms with Gasteiger partial charge in [-0.25, -0.2) is 4.79 Å². The van der Waals surface area contributed by atoms with E-state index in [1.165, 1.54) is 9.80 Å². The third kappa shape index (κ3) is 2.57. The fourth-order valence-electron chi connectivity index (χ4n) is 3.06. The van der Waals surface area contributed by atoms with Crippen molar-refractivity contribution in [1.29, 1.82) is 5.26 Å². The molecule has 5 nitrogen and oxygen atoms in total. The Labute approximate surface area is 131 Å². The largest absolute Gasteiger partial charge is 0.331 e. The Morgan fingerprint density at radius 1 is 1.32 bits per heavy atom. The Balaban J connectivity index is 2.51. The zero-order valence-electron chi connectivity index (χ0n) is 13.2. The molecule has 1 aliphatic heterocycles. The second-order valence-electron chi connectivity index (χ2n) is 5.96. The van der Waals surface area contributed by atoms with Crippen molar-refractivity contribution in [2.45, 2.75) is 37.8 Å². The van der Waals surface area contributed by atoms with Crippen LogP contribution in [0.2, 0.25) is 0 Å². The van der Waals surface area contributed by atoms with E-state index >= 15 is 0 Å². The number of ketones is 1. The number of Topliss-reactive ketones (excluding diaryl/α,β-unsaturated/α-hetero) is 1. The first kappa shape index (κ1) is 16.0. The Morgan fingerprint density at radius 2 is 1.95 bits per heavy atom. The molecule has 1 aliphatic rings. The molecule has 22 heavy (non-hydrogen) atoms. The van der Waals surface area contributed by atoms with Crippen molar-refractivity contribution in [1.82, 2.24) is 9.80 Å². The molecule has 116 valence electrons. The summed E-state index contributed by atoms with van der Waals surface area (Å²) >= 11 is 0. The van der Waals surface area contributed by atoms with Crippen LogP contribution < -0.4 is 0 Å². The molecule has 2 atom stereocenters. The first-order chi connectivity index (χ1) is 10.4. The molecule has 0 N–H and O–H groups in total. The van der Waals surface area contributed by atoms with Gasteiger partial charge in [0.1, 0.15) is 0 Å². The van der Waals surface area contributed by atoms with Gasteiger partial charge in [-0.1, -0.05) is 30.3 Å². The van der Waals surface area contributed by atoms with Crippen molar-refractivity contribution in [2.24, 2.45) is 0 Å². The summed E-state index contributed by atoms with van der Waals surface area (Å²) in [6.45, 7) is 1.89. The van der Waals surface area contributed by atoms with Crippen LogP contribution in [0, 0.1) is 11.3 Å². The summed E-state index contributed by atoms with van der Waals surface area (Å²) < 4.78 is 0. The van der Waals surface area contributed by atoms with Crippen molar-refractivity contribution in [2.75, 3.05) is 14.1 Å². The minimum absolute atomic E-state index is 0.143. The average Bonchev–Trinajstić information content (AvgIpc) is 2.53. The Bertz CT molecular complexity index is 606. The number of amides is 2. The summed E-state index contributed by atoms with van der Waals surface area (Å²) in [6, 6.07) is 10.5. The van der Waals surface area contributed by atoms with E-state index in [0.717, 1.165) is 12.8 Å². The Hall–Kier alpha value is -2.35. The van der Waals surface area contributed by atoms with Crippen LogP contribution in [0.5, 0.6) is 0 Å². The van der Waals surface area contributed by atoms with E-state index in [1.807, 2.05) is 13.0 Å². The van der Waals surface area contributed by atoms with E-state index in [1.54, 1.807) is 38.4 Å². The molecular formula is C17H21N3O2. The molecule has 0 spiro atoms. The third-order valence-electron chi connectivity index (χ3n) is 4.20. The fourth-order valence-corrected chi connectivity index (χ4v) is 3.06. The number of nitriles is 1. The lowest BCUT2D eigenvalue weighted by Crippen LogP contribution is -2.63. The summed E-state index contributed by atoms with van der Waals surface area (Å²) in [7, 11) is 3.28. The smallest absolute Gasteiger partial charge is 0.321 e. The van der Waals surface area contributed by atoms with Crippen LogP contribution in [0.3, 0.4) is 0 Å². The maximum absolute atomic E-state index is 13.0. The highest BCUT2D eigenvalue weighted by atomic mass is 16.2. The average molecular weight is 299 g/mol. The van der Waals surface area contributed by atoms with E-state index in [2.05, 4.69) is 6.07 Å². The van der Waals surface area contributed by atoms with Crippen LogP contribution in [-0.2, 0) is 0 Å². The lowest BCUT2D eigenvalue weighted by atomic mass is 9.79. The van der Waals surface area contributed by atoms with Gasteiger partial charge in [-0.2, -0.15) is 5.26 Å². The number of hydrogen-bond acceptors (Lipinski definition) is 3. The number of carbonyl (C=O) groups is 2. The number of hydrogen-bond donors (Lipinski definition) is 0. The minimum Gasteiger partial charge on any atom is -0.331 e. The number of carbonyl (C=O) groups excluding carboxylic acids is 2. The van der Waals surface area contributed by atoms with Gasteiger partial charge < -0.3 is 4.90 Å². The van der Waals surface area contributed by atoms with Crippen LogP contribution in [0.15, 0.2) is 30.3 Å². The monoisotopic (exact) mass is 299 g/mol. The first-order valence-electron chi connectivity index (χ1n) is 7.46. The van der Waals surface area contributed by atoms with Gasteiger partial charge in [0.25, 0.3) is 0 Å². The van der Waals surface area contributed by atoms with Crippen LogP contribution in [0.4, 0.5) is 4.79 Å². The molecule has 0 bridgehead atoms. The summed E-state index contributed by atoms with van der Waals surface area (Å²) in [5.74, 6) is -0.294. The molecular weight excluding hydrogens is 278 g/mol. The number of likely N-dealkylation sites (tertiary alicyclic amines) is 1. The molecule has 0 radical (unpaired) electrons. The predicted octanol–water partition coefficient (Wildman–Crippen LogP) is 2.69. The van der Waals surface area contributed by atoms with Crippen molar-refractivity contribution >= 4 is 11.8 Å². The number of benzene rings is 1. The lowest BCUT2D eigenvalue weighted by molar-refractivity contribution is 0.0464. The second-order valence-corrected chi connectivity index (χ2v) is 5.96. The van der Waals surface area contributed by atoms with Gasteiger partial charge in [0.2, 0.25) is 5.78 Å². The zero-order valence-corrected chi connectivity index (χ0v) is 13.2. The lowest BCUT2D eigenvalue weighted by Gasteiger charge is -2.46. The Kier molecular flexibility index (Phi) is 4.51. The van der Waals surface area contributed by atoms with E-state index in [-0.39, 0.29) is 17.9 Å². The van der Waals surface area contributed by atoms with Gasteiger partial charge in [-0.3, -0.25) is 9.69 Å². The van der Waals surface area contributed by atoms with Gasteiger partial charge in [0.15, 0.2) is 5.54 Å². The van der Waals surface area contributed by atoms with Crippen LogP contribution in [-0.4, -0.2) is 47.3 Å². The number of piperidine rings is 1. The highest BCUT2D eigenvalue weighted by molar-refractivity contribution is 6.07. The number of nitrogens with zero attached hydrogens (tertiary/aromatic N) is 3. The molecule has 1 fully saturated rings. The highest BCUT2D eigenvalue weighted by Crippen LogP contribution is 2.35. The van der Waals surface area contributed by atoms with E-state index < -0.39 is 5.54 Å². The summed E-state index contributed by atoms with van der Waals surface area (Å²) in [5, 5.41) is 9.81. The molecule has 1 heterocycles. The number of rotatable bonds is 2. The zero-order chi connectivity index (χ0) is 16.3. The highest BCUT2D eigenvalue weighted by Gasteiger charge is 2.51. The maximum Gasteiger partial charge on any atom is 0.321 e. The summed E-state index contributed by atoms with van der Waals surface area (Å²) in [5.41, 5.74) is -0.949. The topological polar surface area (TPSA) is 64.4 Å². The standard InChI is InChI=1S/C17H21N3O2/c1-13-8-7-11-17(12-18,20(13)16(22)19(2)3)15(21)14-9-5-4-6-10-14/h4-6,9-10,13H,7-8,11H2,1-3H3/t13-,17-/m0/s1. The summed E-state index contributed by atoms with van der Waals surface area (Å²) in [6.07, 6.45) is 1.93. The fraction of sp³-hybridized carbons (Fsp3) is 0.471. The van der Waals surface area contributed by atoms with Gasteiger partial charge in [-0.15, -0.1) is 0 Å². The molecule has 0 aromatic heterocycles. The van der Waals surface area contributed by atoms with E-state index in [9.17, 15) is 14.9 Å². The predicted molar refractivity (Wildman–Crippen MR) is 83.4 cm³/mol. The molecule has 2 rings (SSSR count). The van der Waals surface area contributed by atoms with Crippen molar-refractivity contribution in [3.05, 3.63) is 35.9 Å².